The Morgan fingerprint density at radius 2 is 1.66 bits per heavy atom. The molecule has 2 unspecified atom stereocenters. The fourth-order valence-electron chi connectivity index (χ4n) is 3.86. The van der Waals surface area contributed by atoms with E-state index in [0.717, 1.165) is 11.1 Å². The zero-order valence-corrected chi connectivity index (χ0v) is 17.1. The second-order valence-corrected chi connectivity index (χ2v) is 8.08. The van der Waals surface area contributed by atoms with Crippen LogP contribution in [0, 0.1) is 0 Å². The third-order valence-corrected chi connectivity index (χ3v) is 5.34. The number of carbonyl (C=O) groups is 2. The minimum Gasteiger partial charge on any atom is -0.389 e. The summed E-state index contributed by atoms with van der Waals surface area (Å²) >= 11 is 0. The van der Waals surface area contributed by atoms with Crippen LogP contribution < -0.4 is 10.6 Å². The lowest BCUT2D eigenvalue weighted by atomic mass is 9.96. The summed E-state index contributed by atoms with van der Waals surface area (Å²) in [5.41, 5.74) is 1.39. The van der Waals surface area contributed by atoms with Crippen LogP contribution >= 0.6 is 0 Å². The highest BCUT2D eigenvalue weighted by atomic mass is 16.3. The molecule has 1 aliphatic heterocycles. The number of aliphatic hydroxyl groups excluding tert-OH is 1. The fourth-order valence-corrected chi connectivity index (χ4v) is 3.86. The summed E-state index contributed by atoms with van der Waals surface area (Å²) < 4.78 is 0. The monoisotopic (exact) mass is 395 g/mol. The molecule has 3 N–H and O–H groups in total. The van der Waals surface area contributed by atoms with Crippen LogP contribution in [-0.4, -0.2) is 45.7 Å². The SMILES string of the molecule is CC(=O)NC(Cc1ccccc1)[C@H](O)C1NC(C)(C)N(Cc2ccccc2)C1=O. The Kier molecular flexibility index (Phi) is 6.35. The van der Waals surface area contributed by atoms with Crippen molar-refractivity contribution in [3.8, 4) is 0 Å². The summed E-state index contributed by atoms with van der Waals surface area (Å²) in [4.78, 5) is 26.7. The molecule has 0 aromatic heterocycles. The Balaban J connectivity index is 1.79. The molecule has 0 saturated carbocycles. The lowest BCUT2D eigenvalue weighted by Crippen LogP contribution is -2.55. The number of benzene rings is 2. The molecule has 0 spiro atoms. The molecule has 2 aromatic rings. The van der Waals surface area contributed by atoms with E-state index in [4.69, 9.17) is 0 Å². The topological polar surface area (TPSA) is 81.7 Å². The summed E-state index contributed by atoms with van der Waals surface area (Å²) in [6, 6.07) is 18.0. The molecule has 1 fully saturated rings. The number of carbonyl (C=O) groups excluding carboxylic acids is 2. The second kappa shape index (κ2) is 8.76. The van der Waals surface area contributed by atoms with Crippen LogP contribution in [0.25, 0.3) is 0 Å². The highest BCUT2D eigenvalue weighted by molar-refractivity contribution is 5.86. The van der Waals surface area contributed by atoms with E-state index in [9.17, 15) is 14.7 Å². The molecule has 154 valence electrons. The number of hydrogen-bond acceptors (Lipinski definition) is 4. The molecule has 2 aromatic carbocycles. The minimum atomic E-state index is -1.06. The van der Waals surface area contributed by atoms with Crippen molar-refractivity contribution in [2.75, 3.05) is 0 Å². The van der Waals surface area contributed by atoms with Gasteiger partial charge in [-0.2, -0.15) is 0 Å². The Labute approximate surface area is 171 Å². The number of rotatable bonds is 7. The van der Waals surface area contributed by atoms with Gasteiger partial charge in [-0.1, -0.05) is 60.7 Å². The van der Waals surface area contributed by atoms with Crippen LogP contribution in [0.5, 0.6) is 0 Å². The van der Waals surface area contributed by atoms with Gasteiger partial charge in [0.15, 0.2) is 0 Å². The first-order valence-electron chi connectivity index (χ1n) is 9.90. The lowest BCUT2D eigenvalue weighted by Gasteiger charge is -2.31. The minimum absolute atomic E-state index is 0.172. The quantitative estimate of drug-likeness (QED) is 0.668. The van der Waals surface area contributed by atoms with Gasteiger partial charge in [0.1, 0.15) is 6.04 Å². The standard InChI is InChI=1S/C23H29N3O3/c1-16(27)24-19(14-17-10-6-4-7-11-17)21(28)20-22(29)26(23(2,3)25-20)15-18-12-8-5-9-13-18/h4-13,19-21,25,28H,14-15H2,1-3H3,(H,24,27)/t19?,20?,21-/m0/s1. The van der Waals surface area contributed by atoms with Crippen molar-refractivity contribution in [1.29, 1.82) is 0 Å². The van der Waals surface area contributed by atoms with E-state index < -0.39 is 23.9 Å². The molecule has 1 aliphatic rings. The predicted octanol–water partition coefficient (Wildman–Crippen LogP) is 1.83. The van der Waals surface area contributed by atoms with E-state index in [2.05, 4.69) is 10.6 Å². The molecular formula is C23H29N3O3. The van der Waals surface area contributed by atoms with Crippen LogP contribution in [0.1, 0.15) is 31.9 Å². The number of nitrogens with zero attached hydrogens (tertiary/aromatic N) is 1. The Morgan fingerprint density at radius 1 is 1.10 bits per heavy atom. The van der Waals surface area contributed by atoms with Gasteiger partial charge in [0.2, 0.25) is 11.8 Å². The molecule has 1 heterocycles. The van der Waals surface area contributed by atoms with Crippen LogP contribution in [0.3, 0.4) is 0 Å². The first kappa shape index (κ1) is 21.0. The summed E-state index contributed by atoms with van der Waals surface area (Å²) in [6.45, 7) is 5.71. The van der Waals surface area contributed by atoms with Gasteiger partial charge in [-0.15, -0.1) is 0 Å². The fraction of sp³-hybridized carbons (Fsp3) is 0.391. The molecule has 6 nitrogen and oxygen atoms in total. The largest absolute Gasteiger partial charge is 0.389 e. The molecule has 0 bridgehead atoms. The molecule has 2 amide bonds. The number of nitrogens with one attached hydrogen (secondary N) is 2. The first-order chi connectivity index (χ1) is 13.8. The Hall–Kier alpha value is -2.70. The van der Waals surface area contributed by atoms with Gasteiger partial charge in [-0.25, -0.2) is 0 Å². The normalized spacial score (nSPS) is 20.3. The molecule has 0 aliphatic carbocycles. The maximum absolute atomic E-state index is 13.2. The van der Waals surface area contributed by atoms with Crippen molar-refractivity contribution in [3.05, 3.63) is 71.8 Å². The van der Waals surface area contributed by atoms with Crippen molar-refractivity contribution >= 4 is 11.8 Å². The molecular weight excluding hydrogens is 366 g/mol. The van der Waals surface area contributed by atoms with Gasteiger partial charge in [0.25, 0.3) is 0 Å². The van der Waals surface area contributed by atoms with Crippen molar-refractivity contribution in [2.24, 2.45) is 0 Å². The smallest absolute Gasteiger partial charge is 0.244 e. The zero-order valence-electron chi connectivity index (χ0n) is 17.1. The van der Waals surface area contributed by atoms with Gasteiger partial charge in [-0.05, 0) is 31.4 Å². The molecule has 0 radical (unpaired) electrons. The van der Waals surface area contributed by atoms with Gasteiger partial charge in [0, 0.05) is 13.5 Å². The number of hydrogen-bond donors (Lipinski definition) is 3. The van der Waals surface area contributed by atoms with Gasteiger partial charge < -0.3 is 15.3 Å². The molecule has 6 heteroatoms. The van der Waals surface area contributed by atoms with Crippen LogP contribution in [-0.2, 0) is 22.6 Å². The highest BCUT2D eigenvalue weighted by Crippen LogP contribution is 2.26. The summed E-state index contributed by atoms with van der Waals surface area (Å²) in [5, 5.41) is 17.2. The van der Waals surface area contributed by atoms with Crippen molar-refractivity contribution in [1.82, 2.24) is 15.5 Å². The maximum atomic E-state index is 13.2. The van der Waals surface area contributed by atoms with E-state index in [0.29, 0.717) is 13.0 Å². The van der Waals surface area contributed by atoms with Crippen LogP contribution in [0.4, 0.5) is 0 Å². The van der Waals surface area contributed by atoms with Crippen molar-refractivity contribution < 1.29 is 14.7 Å². The van der Waals surface area contributed by atoms with Gasteiger partial charge in [-0.3, -0.25) is 14.9 Å². The van der Waals surface area contributed by atoms with Gasteiger partial charge in [0.05, 0.1) is 17.8 Å². The van der Waals surface area contributed by atoms with E-state index in [1.54, 1.807) is 4.90 Å². The molecule has 1 saturated heterocycles. The van der Waals surface area contributed by atoms with Crippen LogP contribution in [0.2, 0.25) is 0 Å². The van der Waals surface area contributed by atoms with E-state index >= 15 is 0 Å². The van der Waals surface area contributed by atoms with Crippen molar-refractivity contribution in [3.63, 3.8) is 0 Å². The maximum Gasteiger partial charge on any atom is 0.244 e. The predicted molar refractivity (Wildman–Crippen MR) is 112 cm³/mol. The summed E-state index contributed by atoms with van der Waals surface area (Å²) in [5.74, 6) is -0.411. The Bertz CT molecular complexity index is 839. The number of aliphatic hydroxyl groups is 1. The second-order valence-electron chi connectivity index (χ2n) is 8.08. The van der Waals surface area contributed by atoms with E-state index in [-0.39, 0.29) is 11.8 Å². The molecule has 3 atom stereocenters. The zero-order chi connectivity index (χ0) is 21.0. The van der Waals surface area contributed by atoms with E-state index in [1.807, 2.05) is 74.5 Å². The average molecular weight is 396 g/mol. The molecule has 3 rings (SSSR count). The lowest BCUT2D eigenvalue weighted by molar-refractivity contribution is -0.134. The van der Waals surface area contributed by atoms with Gasteiger partial charge >= 0.3 is 0 Å². The average Bonchev–Trinajstić information content (AvgIpc) is 2.92. The molecule has 29 heavy (non-hydrogen) atoms. The van der Waals surface area contributed by atoms with Crippen molar-refractivity contribution in [2.45, 2.75) is 57.6 Å². The summed E-state index contributed by atoms with van der Waals surface area (Å²) in [6.07, 6.45) is -0.627. The Morgan fingerprint density at radius 3 is 2.21 bits per heavy atom. The highest BCUT2D eigenvalue weighted by Gasteiger charge is 2.48. The third kappa shape index (κ3) is 5.02. The third-order valence-electron chi connectivity index (χ3n) is 5.34. The first-order valence-corrected chi connectivity index (χ1v) is 9.90. The van der Waals surface area contributed by atoms with E-state index in [1.165, 1.54) is 6.92 Å². The number of amides is 2. The summed E-state index contributed by atoms with van der Waals surface area (Å²) in [7, 11) is 0. The van der Waals surface area contributed by atoms with Crippen LogP contribution in [0.15, 0.2) is 60.7 Å².